The Morgan fingerprint density at radius 3 is 2.92 bits per heavy atom. The highest BCUT2D eigenvalue weighted by Gasteiger charge is 1.95. The molecular weight excluding hydrogens is 150 g/mol. The lowest BCUT2D eigenvalue weighted by Gasteiger charge is -2.02. The average Bonchev–Trinajstić information content (AvgIpc) is 2.46. The zero-order chi connectivity index (χ0) is 8.81. The van der Waals surface area contributed by atoms with E-state index in [4.69, 9.17) is 0 Å². The van der Waals surface area contributed by atoms with Crippen molar-refractivity contribution in [1.82, 2.24) is 14.9 Å². The zero-order valence-electron chi connectivity index (χ0n) is 7.88. The monoisotopic (exact) mass is 167 g/mol. The molecule has 0 aromatic carbocycles. The first kappa shape index (κ1) is 9.26. The van der Waals surface area contributed by atoms with E-state index in [1.165, 1.54) is 12.1 Å². The summed E-state index contributed by atoms with van der Waals surface area (Å²) in [6, 6.07) is 0. The Balaban J connectivity index is 2.20. The summed E-state index contributed by atoms with van der Waals surface area (Å²) < 4.78 is 2.06. The molecule has 0 aliphatic heterocycles. The second kappa shape index (κ2) is 4.93. The summed E-state index contributed by atoms with van der Waals surface area (Å²) in [5, 5.41) is 3.36. The van der Waals surface area contributed by atoms with Crippen LogP contribution in [0.1, 0.15) is 19.0 Å². The summed E-state index contributed by atoms with van der Waals surface area (Å²) in [5.74, 6) is 0. The highest BCUT2D eigenvalue weighted by Crippen LogP contribution is 1.95. The summed E-state index contributed by atoms with van der Waals surface area (Å²) >= 11 is 0. The van der Waals surface area contributed by atoms with E-state index in [1.54, 1.807) is 0 Å². The lowest BCUT2D eigenvalue weighted by Crippen LogP contribution is -2.18. The molecule has 0 amide bonds. The van der Waals surface area contributed by atoms with Crippen molar-refractivity contribution in [3.63, 3.8) is 0 Å². The second-order valence-corrected chi connectivity index (χ2v) is 3.00. The van der Waals surface area contributed by atoms with Crippen molar-refractivity contribution in [3.8, 4) is 0 Å². The predicted molar refractivity (Wildman–Crippen MR) is 50.1 cm³/mol. The maximum absolute atomic E-state index is 4.06. The van der Waals surface area contributed by atoms with Crippen molar-refractivity contribution >= 4 is 0 Å². The third kappa shape index (κ3) is 2.66. The Kier molecular flexibility index (Phi) is 3.80. The van der Waals surface area contributed by atoms with Gasteiger partial charge in [0.15, 0.2) is 0 Å². The van der Waals surface area contributed by atoms with E-state index in [0.29, 0.717) is 0 Å². The van der Waals surface area contributed by atoms with Crippen molar-refractivity contribution in [1.29, 1.82) is 0 Å². The maximum Gasteiger partial charge on any atom is 0.0945 e. The van der Waals surface area contributed by atoms with E-state index in [-0.39, 0.29) is 0 Å². The first-order valence-corrected chi connectivity index (χ1v) is 4.50. The zero-order valence-corrected chi connectivity index (χ0v) is 7.88. The maximum atomic E-state index is 4.06. The molecule has 1 N–H and O–H groups in total. The topological polar surface area (TPSA) is 29.9 Å². The van der Waals surface area contributed by atoms with E-state index in [0.717, 1.165) is 19.5 Å². The lowest BCUT2D eigenvalue weighted by atomic mass is 10.3. The number of imidazole rings is 1. The van der Waals surface area contributed by atoms with Crippen molar-refractivity contribution in [2.24, 2.45) is 7.05 Å². The molecule has 0 fully saturated rings. The standard InChI is InChI=1S/C9H17N3/c1-3-5-10-6-4-9-7-11-8-12(9)2/h7-8,10H,3-6H2,1-2H3. The fraction of sp³-hybridized carbons (Fsp3) is 0.667. The van der Waals surface area contributed by atoms with Crippen molar-refractivity contribution < 1.29 is 0 Å². The van der Waals surface area contributed by atoms with Crippen LogP contribution in [-0.2, 0) is 13.5 Å². The van der Waals surface area contributed by atoms with E-state index in [2.05, 4.69) is 21.8 Å². The quantitative estimate of drug-likeness (QED) is 0.662. The van der Waals surface area contributed by atoms with Crippen LogP contribution in [-0.4, -0.2) is 22.6 Å². The van der Waals surface area contributed by atoms with Gasteiger partial charge < -0.3 is 9.88 Å². The highest BCUT2D eigenvalue weighted by molar-refractivity contribution is 4.97. The minimum atomic E-state index is 1.05. The molecule has 3 nitrogen and oxygen atoms in total. The molecule has 68 valence electrons. The smallest absolute Gasteiger partial charge is 0.0945 e. The van der Waals surface area contributed by atoms with Gasteiger partial charge in [0, 0.05) is 31.9 Å². The highest BCUT2D eigenvalue weighted by atomic mass is 15.0. The van der Waals surface area contributed by atoms with Gasteiger partial charge in [-0.3, -0.25) is 0 Å². The van der Waals surface area contributed by atoms with Gasteiger partial charge in [0.2, 0.25) is 0 Å². The lowest BCUT2D eigenvalue weighted by molar-refractivity contribution is 0.654. The Labute approximate surface area is 73.8 Å². The summed E-state index contributed by atoms with van der Waals surface area (Å²) in [4.78, 5) is 4.06. The van der Waals surface area contributed by atoms with E-state index < -0.39 is 0 Å². The van der Waals surface area contributed by atoms with Gasteiger partial charge in [-0.1, -0.05) is 6.92 Å². The Morgan fingerprint density at radius 1 is 1.50 bits per heavy atom. The molecule has 1 aromatic heterocycles. The molecule has 12 heavy (non-hydrogen) atoms. The van der Waals surface area contributed by atoms with Crippen LogP contribution >= 0.6 is 0 Å². The first-order chi connectivity index (χ1) is 5.84. The van der Waals surface area contributed by atoms with Gasteiger partial charge in [0.05, 0.1) is 6.33 Å². The number of aryl methyl sites for hydroxylation is 1. The minimum absolute atomic E-state index is 1.05. The van der Waals surface area contributed by atoms with Gasteiger partial charge in [0.25, 0.3) is 0 Å². The van der Waals surface area contributed by atoms with Crippen LogP contribution in [0.25, 0.3) is 0 Å². The molecule has 1 rings (SSSR count). The molecule has 0 radical (unpaired) electrons. The van der Waals surface area contributed by atoms with Crippen LogP contribution in [0.3, 0.4) is 0 Å². The second-order valence-electron chi connectivity index (χ2n) is 3.00. The molecule has 0 saturated carbocycles. The molecule has 1 aromatic rings. The van der Waals surface area contributed by atoms with Gasteiger partial charge >= 0.3 is 0 Å². The molecule has 0 unspecified atom stereocenters. The number of nitrogens with zero attached hydrogens (tertiary/aromatic N) is 2. The minimum Gasteiger partial charge on any atom is -0.338 e. The molecule has 0 saturated heterocycles. The summed E-state index contributed by atoms with van der Waals surface area (Å²) in [7, 11) is 2.03. The summed E-state index contributed by atoms with van der Waals surface area (Å²) in [6.45, 7) is 4.34. The van der Waals surface area contributed by atoms with E-state index in [9.17, 15) is 0 Å². The number of rotatable bonds is 5. The van der Waals surface area contributed by atoms with Gasteiger partial charge in [0.1, 0.15) is 0 Å². The van der Waals surface area contributed by atoms with E-state index >= 15 is 0 Å². The Morgan fingerprint density at radius 2 is 2.33 bits per heavy atom. The van der Waals surface area contributed by atoms with Crippen LogP contribution in [0, 0.1) is 0 Å². The van der Waals surface area contributed by atoms with Crippen LogP contribution in [0.5, 0.6) is 0 Å². The SMILES string of the molecule is CCCNCCc1cncn1C. The van der Waals surface area contributed by atoms with E-state index in [1.807, 2.05) is 19.6 Å². The normalized spacial score (nSPS) is 10.5. The average molecular weight is 167 g/mol. The fourth-order valence-corrected chi connectivity index (χ4v) is 1.14. The summed E-state index contributed by atoms with van der Waals surface area (Å²) in [6.07, 6.45) is 6.03. The predicted octanol–water partition coefficient (Wildman–Crippen LogP) is 0.962. The number of hydrogen-bond donors (Lipinski definition) is 1. The van der Waals surface area contributed by atoms with Crippen LogP contribution in [0.4, 0.5) is 0 Å². The molecule has 0 aliphatic rings. The van der Waals surface area contributed by atoms with Crippen LogP contribution in [0.2, 0.25) is 0 Å². The largest absolute Gasteiger partial charge is 0.338 e. The number of nitrogens with one attached hydrogen (secondary N) is 1. The first-order valence-electron chi connectivity index (χ1n) is 4.50. The third-order valence-corrected chi connectivity index (χ3v) is 1.90. The van der Waals surface area contributed by atoms with Gasteiger partial charge in [-0.15, -0.1) is 0 Å². The Hall–Kier alpha value is -0.830. The number of hydrogen-bond acceptors (Lipinski definition) is 2. The molecule has 0 aliphatic carbocycles. The van der Waals surface area contributed by atoms with Crippen molar-refractivity contribution in [2.75, 3.05) is 13.1 Å². The molecule has 3 heteroatoms. The van der Waals surface area contributed by atoms with Crippen molar-refractivity contribution in [2.45, 2.75) is 19.8 Å². The van der Waals surface area contributed by atoms with Gasteiger partial charge in [-0.2, -0.15) is 0 Å². The van der Waals surface area contributed by atoms with Gasteiger partial charge in [-0.25, -0.2) is 4.98 Å². The number of aromatic nitrogens is 2. The van der Waals surface area contributed by atoms with Crippen LogP contribution in [0.15, 0.2) is 12.5 Å². The Bertz CT molecular complexity index is 217. The van der Waals surface area contributed by atoms with Crippen molar-refractivity contribution in [3.05, 3.63) is 18.2 Å². The molecule has 0 bridgehead atoms. The summed E-state index contributed by atoms with van der Waals surface area (Å²) in [5.41, 5.74) is 1.29. The third-order valence-electron chi connectivity index (χ3n) is 1.90. The fourth-order valence-electron chi connectivity index (χ4n) is 1.14. The van der Waals surface area contributed by atoms with Crippen LogP contribution < -0.4 is 5.32 Å². The van der Waals surface area contributed by atoms with Gasteiger partial charge in [-0.05, 0) is 13.0 Å². The molecular formula is C9H17N3. The molecule has 0 spiro atoms. The molecule has 0 atom stereocenters. The molecule has 1 heterocycles.